The van der Waals surface area contributed by atoms with E-state index >= 15 is 0 Å². The number of ether oxygens (including phenoxy) is 1. The minimum atomic E-state index is -1.11. The first-order chi connectivity index (χ1) is 10.9. The van der Waals surface area contributed by atoms with Gasteiger partial charge in [0.15, 0.2) is 0 Å². The van der Waals surface area contributed by atoms with Gasteiger partial charge < -0.3 is 14.7 Å². The number of aliphatic carboxylic acids is 1. The van der Waals surface area contributed by atoms with Gasteiger partial charge in [0.1, 0.15) is 11.7 Å². The van der Waals surface area contributed by atoms with Crippen molar-refractivity contribution in [1.82, 2.24) is 4.90 Å². The summed E-state index contributed by atoms with van der Waals surface area (Å²) in [5, 5.41) is 9.03. The first kappa shape index (κ1) is 16.7. The molecule has 0 aromatic heterocycles. The van der Waals surface area contributed by atoms with Gasteiger partial charge in [-0.1, -0.05) is 37.3 Å². The van der Waals surface area contributed by atoms with Crippen molar-refractivity contribution in [2.24, 2.45) is 5.92 Å². The highest BCUT2D eigenvalue weighted by atomic mass is 16.5. The van der Waals surface area contributed by atoms with Crippen molar-refractivity contribution < 1.29 is 24.2 Å². The third kappa shape index (κ3) is 3.77. The minimum Gasteiger partial charge on any atom is -0.481 e. The number of allylic oxidation sites excluding steroid dienone is 1. The fourth-order valence-corrected chi connectivity index (χ4v) is 2.51. The molecule has 0 saturated heterocycles. The number of rotatable bonds is 6. The maximum absolute atomic E-state index is 12.6. The molecule has 1 amide bonds. The van der Waals surface area contributed by atoms with Crippen LogP contribution in [0.15, 0.2) is 41.8 Å². The Morgan fingerprint density at radius 2 is 1.91 bits per heavy atom. The topological polar surface area (TPSA) is 83.9 Å². The second-order valence-electron chi connectivity index (χ2n) is 5.34. The molecular formula is C17H19NO5. The highest BCUT2D eigenvalue weighted by Gasteiger charge is 2.41. The molecule has 0 bridgehead atoms. The van der Waals surface area contributed by atoms with Gasteiger partial charge in [-0.25, -0.2) is 0 Å². The molecule has 0 saturated carbocycles. The number of carboxylic acid groups (broad SMARTS) is 1. The lowest BCUT2D eigenvalue weighted by Crippen LogP contribution is -2.29. The Morgan fingerprint density at radius 3 is 2.48 bits per heavy atom. The molecule has 0 radical (unpaired) electrons. The van der Waals surface area contributed by atoms with Crippen LogP contribution in [-0.4, -0.2) is 27.9 Å². The Labute approximate surface area is 134 Å². The van der Waals surface area contributed by atoms with Crippen LogP contribution in [0.2, 0.25) is 0 Å². The molecule has 0 aliphatic carbocycles. The summed E-state index contributed by atoms with van der Waals surface area (Å²) in [6.45, 7) is 3.62. The fraction of sp³-hybridized carbons (Fsp3) is 0.353. The van der Waals surface area contributed by atoms with Gasteiger partial charge in [-0.2, -0.15) is 0 Å². The summed E-state index contributed by atoms with van der Waals surface area (Å²) in [5.74, 6) is -2.74. The van der Waals surface area contributed by atoms with Gasteiger partial charge >= 0.3 is 11.9 Å². The van der Waals surface area contributed by atoms with Gasteiger partial charge in [-0.3, -0.25) is 14.4 Å². The number of benzene rings is 1. The quantitative estimate of drug-likeness (QED) is 0.814. The molecule has 1 N–H and O–H groups in total. The third-order valence-corrected chi connectivity index (χ3v) is 3.72. The normalized spacial score (nSPS) is 17.6. The first-order valence-electron chi connectivity index (χ1n) is 7.42. The monoisotopic (exact) mass is 317 g/mol. The summed E-state index contributed by atoms with van der Waals surface area (Å²) in [7, 11) is 0. The third-order valence-electron chi connectivity index (χ3n) is 3.72. The van der Waals surface area contributed by atoms with Crippen molar-refractivity contribution in [2.75, 3.05) is 0 Å². The summed E-state index contributed by atoms with van der Waals surface area (Å²) < 4.78 is 5.24. The Bertz CT molecular complexity index is 650. The highest BCUT2D eigenvalue weighted by molar-refractivity contribution is 5.90. The van der Waals surface area contributed by atoms with E-state index in [-0.39, 0.29) is 18.1 Å². The molecule has 1 aliphatic heterocycles. The SMILES string of the molecule is CCC(=O)OC1=C(C)N(Cc2ccccc2)C(=O)[C@H]1CC(=O)O. The highest BCUT2D eigenvalue weighted by Crippen LogP contribution is 2.34. The molecule has 1 atom stereocenters. The van der Waals surface area contributed by atoms with Crippen LogP contribution in [0.3, 0.4) is 0 Å². The van der Waals surface area contributed by atoms with Crippen LogP contribution in [0.4, 0.5) is 0 Å². The Morgan fingerprint density at radius 1 is 1.26 bits per heavy atom. The van der Waals surface area contributed by atoms with Crippen LogP contribution in [0.5, 0.6) is 0 Å². The predicted octanol–water partition coefficient (Wildman–Crippen LogP) is 2.30. The zero-order valence-corrected chi connectivity index (χ0v) is 13.1. The second kappa shape index (κ2) is 7.09. The number of carbonyl (C=O) groups is 3. The maximum atomic E-state index is 12.6. The van der Waals surface area contributed by atoms with Crippen LogP contribution in [0.1, 0.15) is 32.3 Å². The second-order valence-corrected chi connectivity index (χ2v) is 5.34. The van der Waals surface area contributed by atoms with Crippen molar-refractivity contribution in [3.05, 3.63) is 47.4 Å². The molecule has 0 unspecified atom stereocenters. The van der Waals surface area contributed by atoms with E-state index in [0.717, 1.165) is 5.56 Å². The van der Waals surface area contributed by atoms with E-state index in [1.165, 1.54) is 4.90 Å². The van der Waals surface area contributed by atoms with Crippen LogP contribution < -0.4 is 0 Å². The lowest BCUT2D eigenvalue weighted by molar-refractivity contribution is -0.145. The Hall–Kier alpha value is -2.63. The zero-order chi connectivity index (χ0) is 17.0. The van der Waals surface area contributed by atoms with Crippen molar-refractivity contribution in [2.45, 2.75) is 33.2 Å². The van der Waals surface area contributed by atoms with E-state index in [9.17, 15) is 14.4 Å². The summed E-state index contributed by atoms with van der Waals surface area (Å²) in [6.07, 6.45) is -0.239. The van der Waals surface area contributed by atoms with E-state index in [2.05, 4.69) is 0 Å². The van der Waals surface area contributed by atoms with Crippen LogP contribution in [-0.2, 0) is 25.7 Å². The van der Waals surface area contributed by atoms with Crippen LogP contribution in [0.25, 0.3) is 0 Å². The standard InChI is InChI=1S/C17H19NO5/c1-3-15(21)23-16-11(2)18(10-12-7-5-4-6-8-12)17(22)13(16)9-14(19)20/h4-8,13H,3,9-10H2,1-2H3,(H,19,20)/t13-/m0/s1. The molecule has 1 heterocycles. The average Bonchev–Trinajstić information content (AvgIpc) is 2.73. The first-order valence-corrected chi connectivity index (χ1v) is 7.42. The molecule has 23 heavy (non-hydrogen) atoms. The summed E-state index contributed by atoms with van der Waals surface area (Å²) >= 11 is 0. The molecule has 6 heteroatoms. The Balaban J connectivity index is 2.30. The van der Waals surface area contributed by atoms with Crippen molar-refractivity contribution in [3.8, 4) is 0 Å². The lowest BCUT2D eigenvalue weighted by Gasteiger charge is -2.18. The van der Waals surface area contributed by atoms with Gasteiger partial charge in [0.2, 0.25) is 5.91 Å². The van der Waals surface area contributed by atoms with E-state index in [0.29, 0.717) is 12.2 Å². The number of carboxylic acids is 1. The lowest BCUT2D eigenvalue weighted by atomic mass is 10.0. The smallest absolute Gasteiger partial charge is 0.310 e. The van der Waals surface area contributed by atoms with E-state index < -0.39 is 24.3 Å². The Kier molecular flexibility index (Phi) is 5.16. The molecule has 1 aromatic carbocycles. The molecule has 0 fully saturated rings. The van der Waals surface area contributed by atoms with Gasteiger partial charge in [0, 0.05) is 6.42 Å². The minimum absolute atomic E-state index is 0.153. The fourth-order valence-electron chi connectivity index (χ4n) is 2.51. The largest absolute Gasteiger partial charge is 0.481 e. The molecule has 1 aromatic rings. The average molecular weight is 317 g/mol. The maximum Gasteiger partial charge on any atom is 0.310 e. The molecule has 122 valence electrons. The van der Waals surface area contributed by atoms with E-state index in [4.69, 9.17) is 9.84 Å². The number of hydrogen-bond donors (Lipinski definition) is 1. The van der Waals surface area contributed by atoms with Gasteiger partial charge in [0.05, 0.1) is 18.7 Å². The van der Waals surface area contributed by atoms with Crippen LogP contribution >= 0.6 is 0 Å². The number of carbonyl (C=O) groups excluding carboxylic acids is 2. The molecule has 6 nitrogen and oxygen atoms in total. The van der Waals surface area contributed by atoms with Gasteiger partial charge in [-0.15, -0.1) is 0 Å². The molecule has 2 rings (SSSR count). The molecule has 1 aliphatic rings. The van der Waals surface area contributed by atoms with E-state index in [1.807, 2.05) is 30.3 Å². The van der Waals surface area contributed by atoms with Crippen molar-refractivity contribution in [3.63, 3.8) is 0 Å². The zero-order valence-electron chi connectivity index (χ0n) is 13.1. The number of nitrogens with zero attached hydrogens (tertiary/aromatic N) is 1. The molecular weight excluding hydrogens is 298 g/mol. The van der Waals surface area contributed by atoms with Crippen LogP contribution in [0, 0.1) is 5.92 Å². The number of hydrogen-bond acceptors (Lipinski definition) is 4. The molecule has 0 spiro atoms. The van der Waals surface area contributed by atoms with E-state index in [1.54, 1.807) is 13.8 Å². The van der Waals surface area contributed by atoms with Crippen molar-refractivity contribution in [1.29, 1.82) is 0 Å². The van der Waals surface area contributed by atoms with Gasteiger partial charge in [0.25, 0.3) is 0 Å². The number of esters is 1. The summed E-state index contributed by atoms with van der Waals surface area (Å²) in [5.41, 5.74) is 1.41. The van der Waals surface area contributed by atoms with Gasteiger partial charge in [-0.05, 0) is 12.5 Å². The van der Waals surface area contributed by atoms with Crippen molar-refractivity contribution >= 4 is 17.8 Å². The summed E-state index contributed by atoms with van der Waals surface area (Å²) in [6, 6.07) is 9.36. The summed E-state index contributed by atoms with van der Waals surface area (Å²) in [4.78, 5) is 36.7. The predicted molar refractivity (Wildman–Crippen MR) is 81.8 cm³/mol. The number of amides is 1.